The van der Waals surface area contributed by atoms with Crippen molar-refractivity contribution >= 4 is 17.3 Å². The van der Waals surface area contributed by atoms with Gasteiger partial charge >= 0.3 is 0 Å². The van der Waals surface area contributed by atoms with Crippen LogP contribution in [0.2, 0.25) is 5.02 Å². The van der Waals surface area contributed by atoms with Crippen LogP contribution in [0.5, 0.6) is 0 Å². The molecule has 0 aromatic heterocycles. The van der Waals surface area contributed by atoms with E-state index in [0.717, 1.165) is 6.07 Å². The Morgan fingerprint density at radius 3 is 2.58 bits per heavy atom. The minimum absolute atomic E-state index is 0.0235. The zero-order valence-corrected chi connectivity index (χ0v) is 10.2. The van der Waals surface area contributed by atoms with Gasteiger partial charge in [0, 0.05) is 28.3 Å². The lowest BCUT2D eigenvalue weighted by atomic mass is 9.99. The highest BCUT2D eigenvalue weighted by molar-refractivity contribution is 6.30. The molecule has 4 nitrogen and oxygen atoms in total. The van der Waals surface area contributed by atoms with Crippen LogP contribution in [-0.2, 0) is 0 Å². The lowest BCUT2D eigenvalue weighted by molar-refractivity contribution is -0.384. The zero-order valence-electron chi connectivity index (χ0n) is 9.43. The van der Waals surface area contributed by atoms with Crippen LogP contribution in [-0.4, -0.2) is 4.92 Å². The van der Waals surface area contributed by atoms with Gasteiger partial charge in [-0.2, -0.15) is 5.26 Å². The molecule has 0 spiro atoms. The van der Waals surface area contributed by atoms with Crippen molar-refractivity contribution < 1.29 is 9.31 Å². The first-order chi connectivity index (χ1) is 9.02. The Hall–Kier alpha value is -2.45. The van der Waals surface area contributed by atoms with E-state index in [4.69, 9.17) is 16.9 Å². The SMILES string of the molecule is N#Cc1cc([N+](=O)[O-])ccc1-c1cc(Cl)ccc1F. The van der Waals surface area contributed by atoms with Gasteiger partial charge in [-0.05, 0) is 24.3 Å². The summed E-state index contributed by atoms with van der Waals surface area (Å²) in [5.74, 6) is -0.547. The molecular weight excluding hydrogens is 271 g/mol. The molecule has 2 rings (SSSR count). The quantitative estimate of drug-likeness (QED) is 0.616. The molecule has 6 heteroatoms. The maximum Gasteiger partial charge on any atom is 0.270 e. The second-order valence-corrected chi connectivity index (χ2v) is 4.16. The molecule has 0 amide bonds. The molecule has 0 aliphatic carbocycles. The maximum atomic E-state index is 13.7. The Morgan fingerprint density at radius 1 is 1.21 bits per heavy atom. The zero-order chi connectivity index (χ0) is 14.0. The minimum Gasteiger partial charge on any atom is -0.258 e. The van der Waals surface area contributed by atoms with Crippen molar-refractivity contribution in [3.05, 3.63) is 62.9 Å². The van der Waals surface area contributed by atoms with E-state index >= 15 is 0 Å². The molecule has 0 atom stereocenters. The minimum atomic E-state index is -0.612. The summed E-state index contributed by atoms with van der Waals surface area (Å²) < 4.78 is 13.7. The van der Waals surface area contributed by atoms with Gasteiger partial charge in [0.2, 0.25) is 0 Å². The molecule has 94 valence electrons. The molecular formula is C13H6ClFN2O2. The van der Waals surface area contributed by atoms with Crippen LogP contribution in [0.15, 0.2) is 36.4 Å². The van der Waals surface area contributed by atoms with Gasteiger partial charge in [-0.1, -0.05) is 11.6 Å². The summed E-state index contributed by atoms with van der Waals surface area (Å²) in [6.07, 6.45) is 0. The molecule has 2 aromatic carbocycles. The molecule has 0 aliphatic heterocycles. The Kier molecular flexibility index (Phi) is 3.45. The number of hydrogen-bond donors (Lipinski definition) is 0. The summed E-state index contributed by atoms with van der Waals surface area (Å²) in [7, 11) is 0. The standard InChI is InChI=1S/C13H6ClFN2O2/c14-9-1-4-13(15)12(6-9)11-3-2-10(17(18)19)5-8(11)7-16/h1-6H. The molecule has 0 radical (unpaired) electrons. The molecule has 0 aliphatic rings. The fraction of sp³-hybridized carbons (Fsp3) is 0. The first kappa shape index (κ1) is 13.0. The average molecular weight is 277 g/mol. The van der Waals surface area contributed by atoms with E-state index in [2.05, 4.69) is 0 Å². The fourth-order valence-electron chi connectivity index (χ4n) is 1.68. The van der Waals surface area contributed by atoms with Crippen LogP contribution in [0.25, 0.3) is 11.1 Å². The predicted molar refractivity (Wildman–Crippen MR) is 68.2 cm³/mol. The van der Waals surface area contributed by atoms with Gasteiger partial charge in [0.05, 0.1) is 10.5 Å². The van der Waals surface area contributed by atoms with E-state index in [-0.39, 0.29) is 22.4 Å². The number of nitro groups is 1. The number of nitrogens with zero attached hydrogens (tertiary/aromatic N) is 2. The maximum absolute atomic E-state index is 13.7. The largest absolute Gasteiger partial charge is 0.270 e. The molecule has 19 heavy (non-hydrogen) atoms. The molecule has 0 heterocycles. The van der Waals surface area contributed by atoms with Crippen LogP contribution in [0.1, 0.15) is 5.56 Å². The summed E-state index contributed by atoms with van der Waals surface area (Å²) in [4.78, 5) is 10.0. The predicted octanol–water partition coefficient (Wildman–Crippen LogP) is 3.93. The van der Waals surface area contributed by atoms with E-state index in [1.807, 2.05) is 6.07 Å². The fourth-order valence-corrected chi connectivity index (χ4v) is 1.85. The Bertz CT molecular complexity index is 710. The highest BCUT2D eigenvalue weighted by Crippen LogP contribution is 2.30. The summed E-state index contributed by atoms with van der Waals surface area (Å²) in [5.41, 5.74) is 0.213. The number of nitriles is 1. The number of nitro benzene ring substituents is 1. The van der Waals surface area contributed by atoms with Crippen molar-refractivity contribution in [1.29, 1.82) is 5.26 Å². The first-order valence-corrected chi connectivity index (χ1v) is 5.54. The Morgan fingerprint density at radius 2 is 1.95 bits per heavy atom. The van der Waals surface area contributed by atoms with Crippen LogP contribution < -0.4 is 0 Å². The van der Waals surface area contributed by atoms with Gasteiger partial charge < -0.3 is 0 Å². The smallest absolute Gasteiger partial charge is 0.258 e. The number of rotatable bonds is 2. The van der Waals surface area contributed by atoms with Gasteiger partial charge in [-0.25, -0.2) is 4.39 Å². The number of hydrogen-bond acceptors (Lipinski definition) is 3. The van der Waals surface area contributed by atoms with E-state index in [0.29, 0.717) is 5.02 Å². The lowest BCUT2D eigenvalue weighted by Gasteiger charge is -2.06. The number of benzene rings is 2. The molecule has 2 aromatic rings. The molecule has 0 unspecified atom stereocenters. The second kappa shape index (κ2) is 5.04. The lowest BCUT2D eigenvalue weighted by Crippen LogP contribution is -1.93. The van der Waals surface area contributed by atoms with E-state index in [9.17, 15) is 14.5 Å². The third-order valence-corrected chi connectivity index (χ3v) is 2.79. The van der Waals surface area contributed by atoms with Crippen LogP contribution in [0, 0.1) is 27.3 Å². The Labute approximate surface area is 112 Å². The van der Waals surface area contributed by atoms with Gasteiger partial charge in [0.1, 0.15) is 11.9 Å². The van der Waals surface area contributed by atoms with Gasteiger partial charge in [-0.15, -0.1) is 0 Å². The van der Waals surface area contributed by atoms with Crippen molar-refractivity contribution in [3.63, 3.8) is 0 Å². The van der Waals surface area contributed by atoms with Crippen LogP contribution >= 0.6 is 11.6 Å². The van der Waals surface area contributed by atoms with E-state index in [1.165, 1.54) is 30.3 Å². The highest BCUT2D eigenvalue weighted by atomic mass is 35.5. The molecule has 0 fully saturated rings. The molecule has 0 saturated heterocycles. The van der Waals surface area contributed by atoms with Crippen molar-refractivity contribution in [1.82, 2.24) is 0 Å². The van der Waals surface area contributed by atoms with Gasteiger partial charge in [0.15, 0.2) is 0 Å². The van der Waals surface area contributed by atoms with Gasteiger partial charge in [-0.3, -0.25) is 10.1 Å². The van der Waals surface area contributed by atoms with Crippen LogP contribution in [0.4, 0.5) is 10.1 Å². The summed E-state index contributed by atoms with van der Waals surface area (Å²) in [5, 5.41) is 20.0. The van der Waals surface area contributed by atoms with Crippen molar-refractivity contribution in [2.45, 2.75) is 0 Å². The number of non-ortho nitro benzene ring substituents is 1. The third kappa shape index (κ3) is 2.54. The summed E-state index contributed by atoms with van der Waals surface area (Å²) >= 11 is 5.79. The van der Waals surface area contributed by atoms with Gasteiger partial charge in [0.25, 0.3) is 5.69 Å². The van der Waals surface area contributed by atoms with Crippen molar-refractivity contribution in [3.8, 4) is 17.2 Å². The third-order valence-electron chi connectivity index (χ3n) is 2.55. The summed E-state index contributed by atoms with van der Waals surface area (Å²) in [6.45, 7) is 0. The number of halogens is 2. The molecule has 0 N–H and O–H groups in total. The normalized spacial score (nSPS) is 9.95. The van der Waals surface area contributed by atoms with Crippen LogP contribution in [0.3, 0.4) is 0 Å². The second-order valence-electron chi connectivity index (χ2n) is 3.72. The first-order valence-electron chi connectivity index (χ1n) is 5.17. The summed E-state index contributed by atoms with van der Waals surface area (Å²) in [6, 6.07) is 9.43. The van der Waals surface area contributed by atoms with Crippen molar-refractivity contribution in [2.75, 3.05) is 0 Å². The van der Waals surface area contributed by atoms with Crippen molar-refractivity contribution in [2.24, 2.45) is 0 Å². The Balaban J connectivity index is 2.66. The molecule has 0 bridgehead atoms. The van der Waals surface area contributed by atoms with E-state index < -0.39 is 10.7 Å². The monoisotopic (exact) mass is 276 g/mol. The average Bonchev–Trinajstić information content (AvgIpc) is 2.40. The topological polar surface area (TPSA) is 66.9 Å². The highest BCUT2D eigenvalue weighted by Gasteiger charge is 2.14. The molecule has 0 saturated carbocycles. The van der Waals surface area contributed by atoms with E-state index in [1.54, 1.807) is 0 Å².